The average Bonchev–Trinajstić information content (AvgIpc) is 2.96. The van der Waals surface area contributed by atoms with Gasteiger partial charge >= 0.3 is 0 Å². The molecule has 0 aromatic heterocycles. The molecule has 0 saturated carbocycles. The lowest BCUT2D eigenvalue weighted by Crippen LogP contribution is -2.42. The van der Waals surface area contributed by atoms with Gasteiger partial charge in [0.05, 0.1) is 6.54 Å². The third-order valence-electron chi connectivity index (χ3n) is 3.64. The quantitative estimate of drug-likeness (QED) is 0.840. The Kier molecular flexibility index (Phi) is 4.57. The highest BCUT2D eigenvalue weighted by Gasteiger charge is 2.16. The van der Waals surface area contributed by atoms with Crippen molar-refractivity contribution in [3.63, 3.8) is 0 Å². The molecule has 2 aliphatic rings. The minimum atomic E-state index is 0.0302. The number of hydrogen-bond acceptors (Lipinski definition) is 5. The van der Waals surface area contributed by atoms with Gasteiger partial charge < -0.3 is 24.8 Å². The summed E-state index contributed by atoms with van der Waals surface area (Å²) in [5.74, 6) is 1.57. The van der Waals surface area contributed by atoms with Gasteiger partial charge in [-0.05, 0) is 30.5 Å². The highest BCUT2D eigenvalue weighted by molar-refractivity contribution is 5.78. The SMILES string of the molecule is O=C(CNCc1ccc2c(c1)OCO2)NC1CCOCC1. The largest absolute Gasteiger partial charge is 0.454 e. The van der Waals surface area contributed by atoms with Crippen molar-refractivity contribution >= 4 is 5.91 Å². The van der Waals surface area contributed by atoms with E-state index in [1.54, 1.807) is 0 Å². The summed E-state index contributed by atoms with van der Waals surface area (Å²) in [7, 11) is 0. The first-order valence-electron chi connectivity index (χ1n) is 7.27. The van der Waals surface area contributed by atoms with Gasteiger partial charge in [-0.3, -0.25) is 4.79 Å². The van der Waals surface area contributed by atoms with Crippen LogP contribution in [0, 0.1) is 0 Å². The number of fused-ring (bicyclic) bond motifs is 1. The van der Waals surface area contributed by atoms with E-state index < -0.39 is 0 Å². The number of rotatable bonds is 5. The van der Waals surface area contributed by atoms with E-state index in [0.29, 0.717) is 13.1 Å². The van der Waals surface area contributed by atoms with Crippen molar-refractivity contribution in [1.82, 2.24) is 10.6 Å². The van der Waals surface area contributed by atoms with Crippen LogP contribution < -0.4 is 20.1 Å². The smallest absolute Gasteiger partial charge is 0.234 e. The van der Waals surface area contributed by atoms with Crippen molar-refractivity contribution in [2.75, 3.05) is 26.6 Å². The van der Waals surface area contributed by atoms with Crippen molar-refractivity contribution in [2.45, 2.75) is 25.4 Å². The Bertz CT molecular complexity index is 500. The number of amides is 1. The normalized spacial score (nSPS) is 17.7. The van der Waals surface area contributed by atoms with Crippen LogP contribution in [-0.4, -0.2) is 38.5 Å². The van der Waals surface area contributed by atoms with E-state index in [2.05, 4.69) is 10.6 Å². The molecule has 6 heteroatoms. The third kappa shape index (κ3) is 3.86. The third-order valence-corrected chi connectivity index (χ3v) is 3.64. The lowest BCUT2D eigenvalue weighted by molar-refractivity contribution is -0.121. The zero-order valence-corrected chi connectivity index (χ0v) is 11.9. The van der Waals surface area contributed by atoms with Gasteiger partial charge in [0.1, 0.15) is 0 Å². The van der Waals surface area contributed by atoms with Crippen LogP contribution in [0.2, 0.25) is 0 Å². The molecule has 1 amide bonds. The fraction of sp³-hybridized carbons (Fsp3) is 0.533. The van der Waals surface area contributed by atoms with Crippen LogP contribution in [0.1, 0.15) is 18.4 Å². The van der Waals surface area contributed by atoms with E-state index in [-0.39, 0.29) is 18.7 Å². The van der Waals surface area contributed by atoms with Gasteiger partial charge in [-0.1, -0.05) is 6.07 Å². The van der Waals surface area contributed by atoms with E-state index >= 15 is 0 Å². The molecule has 1 aromatic rings. The van der Waals surface area contributed by atoms with Crippen LogP contribution in [0.15, 0.2) is 18.2 Å². The molecule has 0 unspecified atom stereocenters. The Hall–Kier alpha value is -1.79. The van der Waals surface area contributed by atoms with Gasteiger partial charge in [0.2, 0.25) is 12.7 Å². The van der Waals surface area contributed by atoms with Crippen molar-refractivity contribution < 1.29 is 19.0 Å². The zero-order valence-electron chi connectivity index (χ0n) is 11.9. The summed E-state index contributed by atoms with van der Waals surface area (Å²) in [5, 5.41) is 6.16. The number of benzene rings is 1. The molecule has 0 atom stereocenters. The highest BCUT2D eigenvalue weighted by Crippen LogP contribution is 2.32. The van der Waals surface area contributed by atoms with Gasteiger partial charge in [-0.25, -0.2) is 0 Å². The van der Waals surface area contributed by atoms with Crippen molar-refractivity contribution in [3.05, 3.63) is 23.8 Å². The Morgan fingerprint density at radius 1 is 1.19 bits per heavy atom. The predicted molar refractivity (Wildman–Crippen MR) is 76.3 cm³/mol. The molecule has 1 fully saturated rings. The standard InChI is InChI=1S/C15H20N2O4/c18-15(17-12-3-5-19-6-4-12)9-16-8-11-1-2-13-14(7-11)21-10-20-13/h1-2,7,12,16H,3-6,8-10H2,(H,17,18). The molecule has 0 spiro atoms. The second kappa shape index (κ2) is 6.78. The van der Waals surface area contributed by atoms with Crippen LogP contribution in [-0.2, 0) is 16.1 Å². The van der Waals surface area contributed by atoms with Gasteiger partial charge in [-0.2, -0.15) is 0 Å². The maximum Gasteiger partial charge on any atom is 0.234 e. The van der Waals surface area contributed by atoms with Gasteiger partial charge in [0, 0.05) is 25.8 Å². The van der Waals surface area contributed by atoms with E-state index in [1.807, 2.05) is 18.2 Å². The van der Waals surface area contributed by atoms with Crippen LogP contribution in [0.25, 0.3) is 0 Å². The molecule has 21 heavy (non-hydrogen) atoms. The molecular weight excluding hydrogens is 272 g/mol. The number of hydrogen-bond donors (Lipinski definition) is 2. The first-order chi connectivity index (χ1) is 10.3. The molecule has 1 aromatic carbocycles. The topological polar surface area (TPSA) is 68.8 Å². The molecule has 0 aliphatic carbocycles. The van der Waals surface area contributed by atoms with E-state index in [1.165, 1.54) is 0 Å². The molecule has 2 aliphatic heterocycles. The van der Waals surface area contributed by atoms with Crippen molar-refractivity contribution in [2.24, 2.45) is 0 Å². The summed E-state index contributed by atoms with van der Waals surface area (Å²) in [4.78, 5) is 11.8. The number of nitrogens with one attached hydrogen (secondary N) is 2. The molecular formula is C15H20N2O4. The fourth-order valence-electron chi connectivity index (χ4n) is 2.49. The van der Waals surface area contributed by atoms with Crippen molar-refractivity contribution in [1.29, 1.82) is 0 Å². The fourth-order valence-corrected chi connectivity index (χ4v) is 2.49. The second-order valence-electron chi connectivity index (χ2n) is 5.25. The summed E-state index contributed by atoms with van der Waals surface area (Å²) in [6, 6.07) is 6.04. The number of carbonyl (C=O) groups excluding carboxylic acids is 1. The van der Waals surface area contributed by atoms with E-state index in [0.717, 1.165) is 43.1 Å². The van der Waals surface area contributed by atoms with E-state index in [9.17, 15) is 4.79 Å². The lowest BCUT2D eigenvalue weighted by Gasteiger charge is -2.23. The van der Waals surface area contributed by atoms with Gasteiger partial charge in [0.15, 0.2) is 11.5 Å². The second-order valence-corrected chi connectivity index (χ2v) is 5.25. The van der Waals surface area contributed by atoms with Crippen LogP contribution in [0.3, 0.4) is 0 Å². The Morgan fingerprint density at radius 3 is 2.86 bits per heavy atom. The average molecular weight is 292 g/mol. The van der Waals surface area contributed by atoms with Gasteiger partial charge in [-0.15, -0.1) is 0 Å². The van der Waals surface area contributed by atoms with Crippen LogP contribution in [0.5, 0.6) is 11.5 Å². The lowest BCUT2D eigenvalue weighted by atomic mass is 10.1. The van der Waals surface area contributed by atoms with Crippen LogP contribution in [0.4, 0.5) is 0 Å². The minimum Gasteiger partial charge on any atom is -0.454 e. The zero-order chi connectivity index (χ0) is 14.5. The maximum absolute atomic E-state index is 11.8. The summed E-state index contributed by atoms with van der Waals surface area (Å²) >= 11 is 0. The highest BCUT2D eigenvalue weighted by atomic mass is 16.7. The summed E-state index contributed by atoms with van der Waals surface area (Å²) < 4.78 is 15.9. The molecule has 114 valence electrons. The Labute approximate surface area is 123 Å². The summed E-state index contributed by atoms with van der Waals surface area (Å²) in [5.41, 5.74) is 1.07. The molecule has 3 rings (SSSR count). The molecule has 0 radical (unpaired) electrons. The van der Waals surface area contributed by atoms with E-state index in [4.69, 9.17) is 14.2 Å². The molecule has 1 saturated heterocycles. The Balaban J connectivity index is 1.40. The molecule has 2 heterocycles. The predicted octanol–water partition coefficient (Wildman–Crippen LogP) is 0.800. The first-order valence-corrected chi connectivity index (χ1v) is 7.27. The number of carbonyl (C=O) groups is 1. The van der Waals surface area contributed by atoms with Crippen LogP contribution >= 0.6 is 0 Å². The molecule has 0 bridgehead atoms. The summed E-state index contributed by atoms with van der Waals surface area (Å²) in [6.45, 7) is 2.68. The molecule has 2 N–H and O–H groups in total. The maximum atomic E-state index is 11.8. The first kappa shape index (κ1) is 14.2. The van der Waals surface area contributed by atoms with Gasteiger partial charge in [0.25, 0.3) is 0 Å². The summed E-state index contributed by atoms with van der Waals surface area (Å²) in [6.07, 6.45) is 1.79. The monoisotopic (exact) mass is 292 g/mol. The number of ether oxygens (including phenoxy) is 3. The van der Waals surface area contributed by atoms with Crippen molar-refractivity contribution in [3.8, 4) is 11.5 Å². The molecule has 6 nitrogen and oxygen atoms in total. The minimum absolute atomic E-state index is 0.0302. The Morgan fingerprint density at radius 2 is 2.00 bits per heavy atom.